The molecule has 1 fully saturated rings. The van der Waals surface area contributed by atoms with Gasteiger partial charge in [-0.15, -0.1) is 0 Å². The van der Waals surface area contributed by atoms with Crippen LogP contribution in [0.4, 0.5) is 5.95 Å². The Labute approximate surface area is 93.6 Å². The van der Waals surface area contributed by atoms with Crippen LogP contribution in [-0.2, 0) is 0 Å². The number of β-amino-alcohol motifs (C(OH)–C–C–N with tert-alkyl or cyclic N) is 1. The molecule has 1 aromatic rings. The Bertz CT molecular complexity index is 395. The first kappa shape index (κ1) is 10.8. The summed E-state index contributed by atoms with van der Waals surface area (Å²) in [6.45, 7) is 1.37. The zero-order chi connectivity index (χ0) is 11.5. The summed E-state index contributed by atoms with van der Waals surface area (Å²) in [6, 6.07) is 1.60. The average Bonchev–Trinajstić information content (AvgIpc) is 2.29. The maximum Gasteiger partial charge on any atom is 0.226 e. The summed E-state index contributed by atoms with van der Waals surface area (Å²) >= 11 is 0. The van der Waals surface area contributed by atoms with Crippen molar-refractivity contribution in [1.82, 2.24) is 9.97 Å². The van der Waals surface area contributed by atoms with Crippen LogP contribution in [0.5, 0.6) is 0 Å². The quantitative estimate of drug-likeness (QED) is 0.471. The lowest BCUT2D eigenvalue weighted by Crippen LogP contribution is -2.39. The van der Waals surface area contributed by atoms with Crippen molar-refractivity contribution in [3.63, 3.8) is 0 Å². The van der Waals surface area contributed by atoms with E-state index in [2.05, 4.69) is 9.97 Å². The third kappa shape index (κ3) is 2.27. The highest BCUT2D eigenvalue weighted by molar-refractivity contribution is 5.93. The second-order valence-electron chi connectivity index (χ2n) is 3.90. The van der Waals surface area contributed by atoms with Gasteiger partial charge in [-0.3, -0.25) is 5.41 Å². The molecule has 0 radical (unpaired) electrons. The van der Waals surface area contributed by atoms with Crippen LogP contribution in [0.1, 0.15) is 18.5 Å². The van der Waals surface area contributed by atoms with Gasteiger partial charge in [0.1, 0.15) is 11.5 Å². The molecule has 0 saturated carbocycles. The van der Waals surface area contributed by atoms with Gasteiger partial charge in [0.15, 0.2) is 0 Å². The number of nitrogen functional groups attached to an aromatic ring is 1. The highest BCUT2D eigenvalue weighted by Crippen LogP contribution is 2.15. The van der Waals surface area contributed by atoms with E-state index in [1.165, 1.54) is 0 Å². The lowest BCUT2D eigenvalue weighted by molar-refractivity contribution is 0.153. The van der Waals surface area contributed by atoms with E-state index >= 15 is 0 Å². The Morgan fingerprint density at radius 1 is 1.62 bits per heavy atom. The summed E-state index contributed by atoms with van der Waals surface area (Å²) in [5.74, 6) is 0.465. The number of piperidine rings is 1. The molecule has 2 heterocycles. The highest BCUT2D eigenvalue weighted by atomic mass is 16.3. The third-order valence-electron chi connectivity index (χ3n) is 2.60. The molecule has 0 aliphatic carbocycles. The van der Waals surface area contributed by atoms with Gasteiger partial charge in [0.2, 0.25) is 5.95 Å². The molecule has 16 heavy (non-hydrogen) atoms. The van der Waals surface area contributed by atoms with Crippen molar-refractivity contribution in [2.75, 3.05) is 18.0 Å². The summed E-state index contributed by atoms with van der Waals surface area (Å²) in [4.78, 5) is 10.2. The highest BCUT2D eigenvalue weighted by Gasteiger charge is 2.19. The molecule has 1 aliphatic rings. The Hall–Kier alpha value is -1.69. The minimum absolute atomic E-state index is 0.0683. The van der Waals surface area contributed by atoms with Gasteiger partial charge in [-0.1, -0.05) is 0 Å². The first-order valence-corrected chi connectivity index (χ1v) is 5.27. The predicted octanol–water partition coefficient (Wildman–Crippen LogP) is -0.278. The van der Waals surface area contributed by atoms with E-state index in [0.29, 0.717) is 18.2 Å². The van der Waals surface area contributed by atoms with Crippen LogP contribution in [0, 0.1) is 5.41 Å². The van der Waals surface area contributed by atoms with Crippen LogP contribution in [0.3, 0.4) is 0 Å². The smallest absolute Gasteiger partial charge is 0.226 e. The van der Waals surface area contributed by atoms with E-state index < -0.39 is 0 Å². The number of aromatic nitrogens is 2. The molecule has 0 bridgehead atoms. The summed E-state index contributed by atoms with van der Waals surface area (Å²) in [6.07, 6.45) is 3.01. The van der Waals surface area contributed by atoms with Gasteiger partial charge in [0.05, 0.1) is 6.10 Å². The zero-order valence-corrected chi connectivity index (χ0v) is 8.93. The molecule has 1 saturated heterocycles. The number of amidine groups is 1. The standard InChI is InChI=1S/C10H15N5O/c11-9(12)8-3-4-13-10(14-8)15-5-1-2-7(16)6-15/h3-4,7,16H,1-2,5-6H2,(H3,11,12). The van der Waals surface area contributed by atoms with Gasteiger partial charge >= 0.3 is 0 Å². The van der Waals surface area contributed by atoms with Crippen molar-refractivity contribution in [2.45, 2.75) is 18.9 Å². The maximum absolute atomic E-state index is 9.56. The molecule has 2 rings (SSSR count). The minimum Gasteiger partial charge on any atom is -0.391 e. The van der Waals surface area contributed by atoms with Crippen LogP contribution in [-0.4, -0.2) is 40.1 Å². The Balaban J connectivity index is 2.19. The van der Waals surface area contributed by atoms with Gasteiger partial charge in [-0.25, -0.2) is 9.97 Å². The zero-order valence-electron chi connectivity index (χ0n) is 8.93. The molecule has 0 amide bonds. The Morgan fingerprint density at radius 3 is 3.12 bits per heavy atom. The molecule has 1 atom stereocenters. The predicted molar refractivity (Wildman–Crippen MR) is 60.5 cm³/mol. The third-order valence-corrected chi connectivity index (χ3v) is 2.60. The lowest BCUT2D eigenvalue weighted by atomic mass is 10.1. The summed E-state index contributed by atoms with van der Waals surface area (Å²) in [5.41, 5.74) is 5.79. The molecule has 0 aromatic carbocycles. The molecule has 4 N–H and O–H groups in total. The maximum atomic E-state index is 9.56. The number of aliphatic hydroxyl groups is 1. The first-order valence-electron chi connectivity index (χ1n) is 5.27. The normalized spacial score (nSPS) is 20.8. The first-order chi connectivity index (χ1) is 7.66. The van der Waals surface area contributed by atoms with Crippen molar-refractivity contribution < 1.29 is 5.11 Å². The van der Waals surface area contributed by atoms with E-state index in [4.69, 9.17) is 11.1 Å². The topological polar surface area (TPSA) is 99.1 Å². The van der Waals surface area contributed by atoms with Crippen LogP contribution in [0.15, 0.2) is 12.3 Å². The molecule has 1 unspecified atom stereocenters. The fourth-order valence-corrected chi connectivity index (χ4v) is 1.79. The van der Waals surface area contributed by atoms with Crippen LogP contribution in [0.2, 0.25) is 0 Å². The van der Waals surface area contributed by atoms with Crippen molar-refractivity contribution in [3.8, 4) is 0 Å². The van der Waals surface area contributed by atoms with Gasteiger partial charge in [-0.2, -0.15) is 0 Å². The molecule has 1 aromatic heterocycles. The number of rotatable bonds is 2. The summed E-state index contributed by atoms with van der Waals surface area (Å²) < 4.78 is 0. The second kappa shape index (κ2) is 4.44. The SMILES string of the molecule is N=C(N)c1ccnc(N2CCCC(O)C2)n1. The van der Waals surface area contributed by atoms with Gasteiger partial charge in [-0.05, 0) is 18.9 Å². The number of hydrogen-bond acceptors (Lipinski definition) is 5. The van der Waals surface area contributed by atoms with E-state index in [1.54, 1.807) is 12.3 Å². The Morgan fingerprint density at radius 2 is 2.44 bits per heavy atom. The number of nitrogens with one attached hydrogen (secondary N) is 1. The van der Waals surface area contributed by atoms with E-state index in [-0.39, 0.29) is 11.9 Å². The fourth-order valence-electron chi connectivity index (χ4n) is 1.79. The lowest BCUT2D eigenvalue weighted by Gasteiger charge is -2.30. The van der Waals surface area contributed by atoms with Crippen molar-refractivity contribution >= 4 is 11.8 Å². The average molecular weight is 221 g/mol. The van der Waals surface area contributed by atoms with Gasteiger partial charge < -0.3 is 15.7 Å². The summed E-state index contributed by atoms with van der Waals surface area (Å²) in [5, 5.41) is 16.9. The molecule has 6 heteroatoms. The molecule has 1 aliphatic heterocycles. The van der Waals surface area contributed by atoms with Gasteiger partial charge in [0, 0.05) is 19.3 Å². The molecule has 86 valence electrons. The molecule has 0 spiro atoms. The number of nitrogens with two attached hydrogens (primary N) is 1. The number of aliphatic hydroxyl groups excluding tert-OH is 1. The molecular formula is C10H15N5O. The van der Waals surface area contributed by atoms with E-state index in [1.807, 2.05) is 4.90 Å². The number of anilines is 1. The monoisotopic (exact) mass is 221 g/mol. The van der Waals surface area contributed by atoms with Crippen LogP contribution in [0.25, 0.3) is 0 Å². The second-order valence-corrected chi connectivity index (χ2v) is 3.90. The Kier molecular flexibility index (Phi) is 3.00. The number of nitrogens with zero attached hydrogens (tertiary/aromatic N) is 3. The molecule has 6 nitrogen and oxygen atoms in total. The van der Waals surface area contributed by atoms with E-state index in [9.17, 15) is 5.11 Å². The summed E-state index contributed by atoms with van der Waals surface area (Å²) in [7, 11) is 0. The van der Waals surface area contributed by atoms with Crippen LogP contribution < -0.4 is 10.6 Å². The number of hydrogen-bond donors (Lipinski definition) is 3. The molecular weight excluding hydrogens is 206 g/mol. The van der Waals surface area contributed by atoms with Crippen molar-refractivity contribution in [1.29, 1.82) is 5.41 Å². The van der Waals surface area contributed by atoms with Gasteiger partial charge in [0.25, 0.3) is 0 Å². The van der Waals surface area contributed by atoms with Crippen molar-refractivity contribution in [3.05, 3.63) is 18.0 Å². The van der Waals surface area contributed by atoms with Crippen LogP contribution >= 0.6 is 0 Å². The fraction of sp³-hybridized carbons (Fsp3) is 0.500. The minimum atomic E-state index is -0.321. The largest absolute Gasteiger partial charge is 0.391 e. The van der Waals surface area contributed by atoms with Crippen molar-refractivity contribution in [2.24, 2.45) is 5.73 Å². The van der Waals surface area contributed by atoms with E-state index in [0.717, 1.165) is 19.4 Å².